The minimum absolute atomic E-state index is 0.113. The summed E-state index contributed by atoms with van der Waals surface area (Å²) in [5.41, 5.74) is 0.471. The van der Waals surface area contributed by atoms with Gasteiger partial charge in [-0.2, -0.15) is 0 Å². The summed E-state index contributed by atoms with van der Waals surface area (Å²) >= 11 is 0. The van der Waals surface area contributed by atoms with Crippen LogP contribution in [0.4, 0.5) is 0 Å². The lowest BCUT2D eigenvalue weighted by Gasteiger charge is -1.96. The van der Waals surface area contributed by atoms with Crippen molar-refractivity contribution in [3.05, 3.63) is 23.3 Å². The van der Waals surface area contributed by atoms with Crippen LogP contribution < -0.4 is 9.47 Å². The summed E-state index contributed by atoms with van der Waals surface area (Å²) < 4.78 is 14.6. The van der Waals surface area contributed by atoms with Gasteiger partial charge in [0.15, 0.2) is 11.5 Å². The Morgan fingerprint density at radius 1 is 0.929 bits per heavy atom. The van der Waals surface area contributed by atoms with Crippen LogP contribution in [-0.2, 0) is 4.74 Å². The van der Waals surface area contributed by atoms with Gasteiger partial charge in [-0.05, 0) is 12.1 Å². The molecule has 5 heteroatoms. The highest BCUT2D eigenvalue weighted by Gasteiger charge is 2.32. The average Bonchev–Trinajstić information content (AvgIpc) is 2.70. The Balaban J connectivity index is 2.26. The zero-order valence-electron chi connectivity index (χ0n) is 6.90. The van der Waals surface area contributed by atoms with Gasteiger partial charge in [-0.3, -0.25) is 0 Å². The number of rotatable bonds is 0. The maximum Gasteiger partial charge on any atom is 0.347 e. The molecule has 0 atom stereocenters. The van der Waals surface area contributed by atoms with Crippen LogP contribution in [0.2, 0.25) is 0 Å². The molecule has 1 aromatic rings. The Kier molecular flexibility index (Phi) is 1.19. The number of carbonyl (C=O) groups is 2. The van der Waals surface area contributed by atoms with E-state index in [2.05, 4.69) is 4.74 Å². The van der Waals surface area contributed by atoms with Crippen molar-refractivity contribution in [2.75, 3.05) is 6.79 Å². The van der Waals surface area contributed by atoms with Crippen LogP contribution in [0.15, 0.2) is 12.1 Å². The van der Waals surface area contributed by atoms with E-state index in [-0.39, 0.29) is 17.9 Å². The number of hydrogen-bond donors (Lipinski definition) is 0. The van der Waals surface area contributed by atoms with Crippen molar-refractivity contribution in [1.29, 1.82) is 0 Å². The predicted octanol–water partition coefficient (Wildman–Crippen LogP) is 0.726. The quantitative estimate of drug-likeness (QED) is 0.447. The molecule has 0 aromatic heterocycles. The zero-order chi connectivity index (χ0) is 9.71. The lowest BCUT2D eigenvalue weighted by Crippen LogP contribution is -1.97. The fourth-order valence-electron chi connectivity index (χ4n) is 1.47. The summed E-state index contributed by atoms with van der Waals surface area (Å²) in [7, 11) is 0. The number of benzene rings is 1. The van der Waals surface area contributed by atoms with Crippen molar-refractivity contribution in [1.82, 2.24) is 0 Å². The summed E-state index contributed by atoms with van der Waals surface area (Å²) in [5, 5.41) is 0. The molecule has 5 nitrogen and oxygen atoms in total. The summed E-state index contributed by atoms with van der Waals surface area (Å²) in [4.78, 5) is 22.3. The van der Waals surface area contributed by atoms with Crippen LogP contribution in [0.1, 0.15) is 20.7 Å². The molecule has 0 N–H and O–H groups in total. The molecule has 0 amide bonds. The first-order chi connectivity index (χ1) is 6.75. The normalized spacial score (nSPS) is 16.9. The summed E-state index contributed by atoms with van der Waals surface area (Å²) in [6.07, 6.45) is 0. The maximum absolute atomic E-state index is 11.1. The van der Waals surface area contributed by atoms with E-state index in [1.165, 1.54) is 12.1 Å². The minimum atomic E-state index is -0.636. The fraction of sp³-hybridized carbons (Fsp3) is 0.111. The standard InChI is InChI=1S/C9H4O5/c10-8-4-1-6-7(13-3-12-6)2-5(4)9(11)14-8/h1-2H,3H2. The van der Waals surface area contributed by atoms with Gasteiger partial charge < -0.3 is 14.2 Å². The Morgan fingerprint density at radius 3 is 1.93 bits per heavy atom. The van der Waals surface area contributed by atoms with E-state index in [1.54, 1.807) is 0 Å². The number of esters is 2. The average molecular weight is 192 g/mol. The molecule has 0 fully saturated rings. The maximum atomic E-state index is 11.1. The highest BCUT2D eigenvalue weighted by atomic mass is 16.7. The van der Waals surface area contributed by atoms with Crippen molar-refractivity contribution in [3.8, 4) is 11.5 Å². The zero-order valence-corrected chi connectivity index (χ0v) is 6.90. The minimum Gasteiger partial charge on any atom is -0.454 e. The highest BCUT2D eigenvalue weighted by Crippen LogP contribution is 2.37. The number of ether oxygens (including phenoxy) is 3. The Morgan fingerprint density at radius 2 is 1.43 bits per heavy atom. The number of hydrogen-bond acceptors (Lipinski definition) is 5. The van der Waals surface area contributed by atoms with Crippen LogP contribution in [0, 0.1) is 0 Å². The number of fused-ring (bicyclic) bond motifs is 2. The molecule has 0 aliphatic carbocycles. The molecule has 2 heterocycles. The highest BCUT2D eigenvalue weighted by molar-refractivity contribution is 6.15. The fourth-order valence-corrected chi connectivity index (χ4v) is 1.47. The molecule has 3 rings (SSSR count). The number of cyclic esters (lactones) is 2. The van der Waals surface area contributed by atoms with Gasteiger partial charge in [0.05, 0.1) is 11.1 Å². The molecule has 14 heavy (non-hydrogen) atoms. The van der Waals surface area contributed by atoms with Crippen molar-refractivity contribution in [2.24, 2.45) is 0 Å². The van der Waals surface area contributed by atoms with E-state index in [0.29, 0.717) is 11.5 Å². The molecule has 0 spiro atoms. The van der Waals surface area contributed by atoms with Gasteiger partial charge in [-0.15, -0.1) is 0 Å². The van der Waals surface area contributed by atoms with E-state index < -0.39 is 11.9 Å². The van der Waals surface area contributed by atoms with Crippen molar-refractivity contribution >= 4 is 11.9 Å². The molecule has 0 radical (unpaired) electrons. The topological polar surface area (TPSA) is 61.8 Å². The van der Waals surface area contributed by atoms with Gasteiger partial charge in [0.1, 0.15) is 0 Å². The van der Waals surface area contributed by atoms with Crippen molar-refractivity contribution < 1.29 is 23.8 Å². The van der Waals surface area contributed by atoms with E-state index >= 15 is 0 Å². The van der Waals surface area contributed by atoms with Crippen molar-refractivity contribution in [3.63, 3.8) is 0 Å². The smallest absolute Gasteiger partial charge is 0.347 e. The van der Waals surface area contributed by atoms with Gasteiger partial charge in [0, 0.05) is 0 Å². The van der Waals surface area contributed by atoms with E-state index in [9.17, 15) is 9.59 Å². The van der Waals surface area contributed by atoms with Crippen LogP contribution in [0.3, 0.4) is 0 Å². The molecular weight excluding hydrogens is 188 g/mol. The van der Waals surface area contributed by atoms with Crippen LogP contribution in [0.25, 0.3) is 0 Å². The van der Waals surface area contributed by atoms with E-state index in [1.807, 2.05) is 0 Å². The monoisotopic (exact) mass is 192 g/mol. The summed E-state index contributed by atoms with van der Waals surface area (Å²) in [6.45, 7) is 0.113. The summed E-state index contributed by atoms with van der Waals surface area (Å²) in [6, 6.07) is 2.93. The van der Waals surface area contributed by atoms with Gasteiger partial charge in [-0.1, -0.05) is 0 Å². The SMILES string of the molecule is O=C1OC(=O)c2cc3c(cc21)OCO3. The van der Waals surface area contributed by atoms with E-state index in [4.69, 9.17) is 9.47 Å². The molecule has 0 unspecified atom stereocenters. The molecule has 2 aliphatic heterocycles. The molecular formula is C9H4O5. The van der Waals surface area contributed by atoms with Crippen LogP contribution >= 0.6 is 0 Å². The molecule has 1 aromatic carbocycles. The van der Waals surface area contributed by atoms with Crippen LogP contribution in [0.5, 0.6) is 11.5 Å². The molecule has 0 saturated heterocycles. The second-order valence-corrected chi connectivity index (χ2v) is 2.93. The molecule has 70 valence electrons. The molecule has 0 saturated carbocycles. The van der Waals surface area contributed by atoms with Crippen molar-refractivity contribution in [2.45, 2.75) is 0 Å². The lowest BCUT2D eigenvalue weighted by atomic mass is 10.1. The van der Waals surface area contributed by atoms with Gasteiger partial charge >= 0.3 is 11.9 Å². The largest absolute Gasteiger partial charge is 0.454 e. The second kappa shape index (κ2) is 2.25. The molecule has 0 bridgehead atoms. The third kappa shape index (κ3) is 0.783. The first-order valence-electron chi connectivity index (χ1n) is 3.96. The Labute approximate surface area is 78.2 Å². The summed E-state index contributed by atoms with van der Waals surface area (Å²) in [5.74, 6) is -0.336. The van der Waals surface area contributed by atoms with Crippen LogP contribution in [-0.4, -0.2) is 18.7 Å². The number of carbonyl (C=O) groups excluding carboxylic acids is 2. The Hall–Kier alpha value is -2.04. The van der Waals surface area contributed by atoms with Gasteiger partial charge in [0.25, 0.3) is 0 Å². The first kappa shape index (κ1) is 7.37. The Bertz CT molecular complexity index is 422. The predicted molar refractivity (Wildman–Crippen MR) is 42.3 cm³/mol. The lowest BCUT2D eigenvalue weighted by molar-refractivity contribution is 0.0443. The van der Waals surface area contributed by atoms with E-state index in [0.717, 1.165) is 0 Å². The first-order valence-corrected chi connectivity index (χ1v) is 3.96. The van der Waals surface area contributed by atoms with Gasteiger partial charge in [-0.25, -0.2) is 9.59 Å². The third-order valence-corrected chi connectivity index (χ3v) is 2.14. The third-order valence-electron chi connectivity index (χ3n) is 2.14. The second-order valence-electron chi connectivity index (χ2n) is 2.93. The van der Waals surface area contributed by atoms with Gasteiger partial charge in [0.2, 0.25) is 6.79 Å². The molecule has 2 aliphatic rings.